The Labute approximate surface area is 147 Å². The Kier molecular flexibility index (Phi) is 4.89. The van der Waals surface area contributed by atoms with E-state index in [4.69, 9.17) is 0 Å². The Bertz CT molecular complexity index is 919. The Balaban J connectivity index is 2.04. The van der Waals surface area contributed by atoms with Crippen molar-refractivity contribution in [3.05, 3.63) is 83.8 Å². The van der Waals surface area contributed by atoms with Crippen LogP contribution in [0.3, 0.4) is 0 Å². The molecule has 0 saturated heterocycles. The number of benzene rings is 1. The van der Waals surface area contributed by atoms with Crippen LogP contribution in [0.4, 0.5) is 0 Å². The first-order chi connectivity index (χ1) is 12.1. The molecule has 25 heavy (non-hydrogen) atoms. The number of hydrogen-bond donors (Lipinski definition) is 0. The number of carbonyl (C=O) groups excluding carboxylic acids is 1. The molecule has 0 aliphatic carbocycles. The molecular weight excluding hydrogens is 310 g/mol. The molecule has 0 N–H and O–H groups in total. The lowest BCUT2D eigenvalue weighted by Gasteiger charge is -2.22. The zero-order valence-corrected chi connectivity index (χ0v) is 14.6. The highest BCUT2D eigenvalue weighted by Gasteiger charge is 2.19. The maximum absolute atomic E-state index is 13.2. The minimum absolute atomic E-state index is 0.0355. The van der Waals surface area contributed by atoms with Gasteiger partial charge in [0.1, 0.15) is 0 Å². The Morgan fingerprint density at radius 3 is 2.76 bits per heavy atom. The van der Waals surface area contributed by atoms with Crippen molar-refractivity contribution in [2.75, 3.05) is 6.54 Å². The molecule has 0 aliphatic rings. The molecule has 0 aliphatic heterocycles. The molecule has 2 heterocycles. The minimum Gasteiger partial charge on any atom is -0.329 e. The van der Waals surface area contributed by atoms with Gasteiger partial charge >= 0.3 is 0 Å². The van der Waals surface area contributed by atoms with Crippen LogP contribution in [0, 0.1) is 13.8 Å². The fourth-order valence-corrected chi connectivity index (χ4v) is 2.93. The highest BCUT2D eigenvalue weighted by molar-refractivity contribution is 6.06. The van der Waals surface area contributed by atoms with Crippen molar-refractivity contribution in [1.29, 1.82) is 0 Å². The standard InChI is InChI=1S/C21H21N3O/c1-4-12-24(14-17-9-5-6-11-22-17)21(25)19-13-16(3)23-20-15(2)8-7-10-18(19)20/h4-11,13H,1,12,14H2,2-3H3. The zero-order valence-electron chi connectivity index (χ0n) is 14.6. The van der Waals surface area contributed by atoms with E-state index < -0.39 is 0 Å². The maximum atomic E-state index is 13.2. The van der Waals surface area contributed by atoms with E-state index in [0.29, 0.717) is 18.7 Å². The van der Waals surface area contributed by atoms with Crippen molar-refractivity contribution in [2.45, 2.75) is 20.4 Å². The number of fused-ring (bicyclic) bond motifs is 1. The summed E-state index contributed by atoms with van der Waals surface area (Å²) >= 11 is 0. The molecule has 3 rings (SSSR count). The predicted octanol–water partition coefficient (Wildman–Crippen LogP) is 4.08. The van der Waals surface area contributed by atoms with Crippen LogP contribution < -0.4 is 0 Å². The smallest absolute Gasteiger partial charge is 0.255 e. The Morgan fingerprint density at radius 2 is 2.04 bits per heavy atom. The second kappa shape index (κ2) is 7.26. The molecule has 0 bridgehead atoms. The molecule has 1 aromatic carbocycles. The van der Waals surface area contributed by atoms with Crippen LogP contribution in [0.5, 0.6) is 0 Å². The lowest BCUT2D eigenvalue weighted by molar-refractivity contribution is 0.0762. The number of aryl methyl sites for hydroxylation is 2. The molecule has 3 aromatic rings. The number of amides is 1. The van der Waals surface area contributed by atoms with Crippen molar-refractivity contribution < 1.29 is 4.79 Å². The first kappa shape index (κ1) is 16.8. The van der Waals surface area contributed by atoms with Crippen LogP contribution in [0.1, 0.15) is 27.3 Å². The van der Waals surface area contributed by atoms with Gasteiger partial charge in [0, 0.05) is 23.8 Å². The quantitative estimate of drug-likeness (QED) is 0.662. The minimum atomic E-state index is -0.0355. The monoisotopic (exact) mass is 331 g/mol. The largest absolute Gasteiger partial charge is 0.329 e. The van der Waals surface area contributed by atoms with Crippen LogP contribution >= 0.6 is 0 Å². The average Bonchev–Trinajstić information content (AvgIpc) is 2.62. The number of hydrogen-bond acceptors (Lipinski definition) is 3. The van der Waals surface area contributed by atoms with Crippen LogP contribution in [-0.2, 0) is 6.54 Å². The van der Waals surface area contributed by atoms with Gasteiger partial charge in [-0.2, -0.15) is 0 Å². The van der Waals surface area contributed by atoms with E-state index >= 15 is 0 Å². The number of para-hydroxylation sites is 1. The number of rotatable bonds is 5. The van der Waals surface area contributed by atoms with Crippen LogP contribution in [0.25, 0.3) is 10.9 Å². The fourth-order valence-electron chi connectivity index (χ4n) is 2.93. The van der Waals surface area contributed by atoms with Crippen molar-refractivity contribution in [1.82, 2.24) is 14.9 Å². The highest BCUT2D eigenvalue weighted by Crippen LogP contribution is 2.23. The lowest BCUT2D eigenvalue weighted by atomic mass is 10.0. The molecule has 0 fully saturated rings. The zero-order chi connectivity index (χ0) is 17.8. The van der Waals surface area contributed by atoms with Crippen LogP contribution in [0.2, 0.25) is 0 Å². The van der Waals surface area contributed by atoms with Gasteiger partial charge in [-0.15, -0.1) is 6.58 Å². The number of nitrogens with zero attached hydrogens (tertiary/aromatic N) is 3. The summed E-state index contributed by atoms with van der Waals surface area (Å²) in [6.07, 6.45) is 3.48. The van der Waals surface area contributed by atoms with Gasteiger partial charge in [-0.25, -0.2) is 0 Å². The van der Waals surface area contributed by atoms with E-state index in [1.54, 1.807) is 17.2 Å². The molecule has 1 amide bonds. The lowest BCUT2D eigenvalue weighted by Crippen LogP contribution is -2.31. The number of carbonyl (C=O) groups is 1. The third-order valence-corrected chi connectivity index (χ3v) is 4.12. The summed E-state index contributed by atoms with van der Waals surface area (Å²) in [5.41, 5.74) is 4.30. The third-order valence-electron chi connectivity index (χ3n) is 4.12. The molecule has 0 unspecified atom stereocenters. The summed E-state index contributed by atoms with van der Waals surface area (Å²) in [6, 6.07) is 13.5. The molecule has 0 atom stereocenters. The summed E-state index contributed by atoms with van der Waals surface area (Å²) in [5.74, 6) is -0.0355. The maximum Gasteiger partial charge on any atom is 0.255 e. The predicted molar refractivity (Wildman–Crippen MR) is 100 cm³/mol. The van der Waals surface area contributed by atoms with E-state index in [2.05, 4.69) is 16.5 Å². The van der Waals surface area contributed by atoms with Gasteiger partial charge in [0.25, 0.3) is 5.91 Å². The number of pyridine rings is 2. The Hall–Kier alpha value is -3.01. The summed E-state index contributed by atoms with van der Waals surface area (Å²) in [6.45, 7) is 8.62. The molecule has 126 valence electrons. The van der Waals surface area contributed by atoms with Gasteiger partial charge in [0.2, 0.25) is 0 Å². The summed E-state index contributed by atoms with van der Waals surface area (Å²) in [5, 5.41) is 0.880. The van der Waals surface area contributed by atoms with Crippen molar-refractivity contribution in [2.24, 2.45) is 0 Å². The van der Waals surface area contributed by atoms with E-state index in [9.17, 15) is 4.79 Å². The van der Waals surface area contributed by atoms with Gasteiger partial charge in [0.05, 0.1) is 23.3 Å². The third kappa shape index (κ3) is 3.58. The van der Waals surface area contributed by atoms with E-state index in [0.717, 1.165) is 27.9 Å². The summed E-state index contributed by atoms with van der Waals surface area (Å²) in [7, 11) is 0. The van der Waals surface area contributed by atoms with Crippen LogP contribution in [-0.4, -0.2) is 27.3 Å². The summed E-state index contributed by atoms with van der Waals surface area (Å²) < 4.78 is 0. The SMILES string of the molecule is C=CCN(Cc1ccccn1)C(=O)c1cc(C)nc2c(C)cccc12. The molecule has 2 aromatic heterocycles. The first-order valence-electron chi connectivity index (χ1n) is 8.27. The fraction of sp³-hybridized carbons (Fsp3) is 0.190. The topological polar surface area (TPSA) is 46.1 Å². The first-order valence-corrected chi connectivity index (χ1v) is 8.27. The van der Waals surface area contributed by atoms with Crippen molar-refractivity contribution >= 4 is 16.8 Å². The van der Waals surface area contributed by atoms with E-state index in [-0.39, 0.29) is 5.91 Å². The Morgan fingerprint density at radius 1 is 1.20 bits per heavy atom. The molecule has 4 nitrogen and oxygen atoms in total. The van der Waals surface area contributed by atoms with Crippen molar-refractivity contribution in [3.63, 3.8) is 0 Å². The second-order valence-electron chi connectivity index (χ2n) is 6.08. The van der Waals surface area contributed by atoms with Gasteiger partial charge in [-0.3, -0.25) is 14.8 Å². The van der Waals surface area contributed by atoms with Gasteiger partial charge in [-0.05, 0) is 37.6 Å². The number of aromatic nitrogens is 2. The molecule has 4 heteroatoms. The normalized spacial score (nSPS) is 10.6. The molecule has 0 spiro atoms. The van der Waals surface area contributed by atoms with E-state index in [1.165, 1.54) is 0 Å². The molecule has 0 saturated carbocycles. The van der Waals surface area contributed by atoms with Gasteiger partial charge in [-0.1, -0.05) is 30.3 Å². The average molecular weight is 331 g/mol. The van der Waals surface area contributed by atoms with Crippen LogP contribution in [0.15, 0.2) is 61.3 Å². The molecular formula is C21H21N3O. The molecule has 0 radical (unpaired) electrons. The highest BCUT2D eigenvalue weighted by atomic mass is 16.2. The van der Waals surface area contributed by atoms with Crippen molar-refractivity contribution in [3.8, 4) is 0 Å². The van der Waals surface area contributed by atoms with E-state index in [1.807, 2.05) is 56.3 Å². The summed E-state index contributed by atoms with van der Waals surface area (Å²) in [4.78, 5) is 23.9. The van der Waals surface area contributed by atoms with Gasteiger partial charge < -0.3 is 4.90 Å². The van der Waals surface area contributed by atoms with Gasteiger partial charge in [0.15, 0.2) is 0 Å². The second-order valence-corrected chi connectivity index (χ2v) is 6.08.